The Bertz CT molecular complexity index is 1450. The first kappa shape index (κ1) is 21.8. The average Bonchev–Trinajstić information content (AvgIpc) is 2.85. The minimum Gasteiger partial charge on any atom is -0.457 e. The summed E-state index contributed by atoms with van der Waals surface area (Å²) in [6, 6.07) is 17.2. The van der Waals surface area contributed by atoms with E-state index in [1.807, 2.05) is 30.3 Å². The molecule has 0 bridgehead atoms. The average molecular weight is 462 g/mol. The minimum atomic E-state index is -1.11. The number of aromatic amines is 1. The van der Waals surface area contributed by atoms with Gasteiger partial charge >= 0.3 is 0 Å². The molecule has 0 unspecified atom stereocenters. The SMILES string of the molecule is CN(C(=O)c1cccc(Oc2ccccc2)c1)[C@H]1COCc2[nH]c(=O)c3cc(F)c(F)cc3c21. The maximum Gasteiger partial charge on any atom is 0.256 e. The van der Waals surface area contributed by atoms with Gasteiger partial charge in [-0.2, -0.15) is 0 Å². The van der Waals surface area contributed by atoms with Crippen molar-refractivity contribution in [3.05, 3.63) is 106 Å². The molecule has 34 heavy (non-hydrogen) atoms. The van der Waals surface area contributed by atoms with Gasteiger partial charge in [-0.15, -0.1) is 0 Å². The molecular weight excluding hydrogens is 442 g/mol. The van der Waals surface area contributed by atoms with E-state index < -0.39 is 23.2 Å². The lowest BCUT2D eigenvalue weighted by molar-refractivity contribution is 0.0335. The number of halogens is 2. The number of ether oxygens (including phenoxy) is 2. The van der Waals surface area contributed by atoms with E-state index >= 15 is 0 Å². The summed E-state index contributed by atoms with van der Waals surface area (Å²) in [6.45, 7) is 0.230. The molecule has 1 aliphatic heterocycles. The number of benzene rings is 3. The monoisotopic (exact) mass is 462 g/mol. The number of nitrogens with one attached hydrogen (secondary N) is 1. The summed E-state index contributed by atoms with van der Waals surface area (Å²) in [6.07, 6.45) is 0. The molecule has 1 aliphatic rings. The fourth-order valence-electron chi connectivity index (χ4n) is 4.21. The van der Waals surface area contributed by atoms with E-state index in [-0.39, 0.29) is 29.9 Å². The zero-order chi connectivity index (χ0) is 23.8. The summed E-state index contributed by atoms with van der Waals surface area (Å²) >= 11 is 0. The number of carbonyl (C=O) groups is 1. The number of para-hydroxylation sites is 1. The van der Waals surface area contributed by atoms with Crippen LogP contribution in [0, 0.1) is 11.6 Å². The number of H-pyrrole nitrogens is 1. The van der Waals surface area contributed by atoms with E-state index in [0.29, 0.717) is 28.3 Å². The number of amides is 1. The Hall–Kier alpha value is -4.04. The van der Waals surface area contributed by atoms with Crippen molar-refractivity contribution in [2.75, 3.05) is 13.7 Å². The number of nitrogens with zero attached hydrogens (tertiary/aromatic N) is 1. The van der Waals surface area contributed by atoms with Crippen LogP contribution in [0.5, 0.6) is 11.5 Å². The first-order chi connectivity index (χ1) is 16.4. The van der Waals surface area contributed by atoms with E-state index in [2.05, 4.69) is 4.98 Å². The molecule has 1 amide bonds. The van der Waals surface area contributed by atoms with Crippen molar-refractivity contribution in [2.24, 2.45) is 0 Å². The van der Waals surface area contributed by atoms with E-state index in [9.17, 15) is 18.4 Å². The largest absolute Gasteiger partial charge is 0.457 e. The van der Waals surface area contributed by atoms with Gasteiger partial charge in [0.05, 0.1) is 24.6 Å². The molecule has 0 saturated carbocycles. The predicted octanol–water partition coefficient (Wildman–Crippen LogP) is 4.94. The summed E-state index contributed by atoms with van der Waals surface area (Å²) in [5.74, 6) is -1.36. The first-order valence-corrected chi connectivity index (χ1v) is 10.6. The number of hydrogen-bond acceptors (Lipinski definition) is 4. The molecule has 1 aromatic heterocycles. The van der Waals surface area contributed by atoms with Crippen LogP contribution in [0.1, 0.15) is 27.7 Å². The first-order valence-electron chi connectivity index (χ1n) is 10.6. The molecule has 0 radical (unpaired) electrons. The molecular formula is C26H20F2N2O4. The molecule has 3 aromatic carbocycles. The molecule has 1 atom stereocenters. The van der Waals surface area contributed by atoms with Crippen molar-refractivity contribution in [3.63, 3.8) is 0 Å². The van der Waals surface area contributed by atoms with Crippen LogP contribution in [-0.2, 0) is 11.3 Å². The lowest BCUT2D eigenvalue weighted by atomic mass is 9.95. The Labute approximate surface area is 193 Å². The van der Waals surface area contributed by atoms with Crippen molar-refractivity contribution in [3.8, 4) is 11.5 Å². The van der Waals surface area contributed by atoms with Crippen LogP contribution in [0.25, 0.3) is 10.8 Å². The molecule has 2 heterocycles. The number of hydrogen-bond donors (Lipinski definition) is 1. The lowest BCUT2D eigenvalue weighted by Gasteiger charge is -2.34. The van der Waals surface area contributed by atoms with Gasteiger partial charge in [0.25, 0.3) is 11.5 Å². The number of carbonyl (C=O) groups excluding carboxylic acids is 1. The standard InChI is InChI=1S/C26H20F2N2O4/c1-30(26(32)15-6-5-9-17(10-15)34-16-7-3-2-4-8-16)23-14-33-13-22-24(23)18-11-20(27)21(28)12-19(18)25(31)29-22/h2-12,23H,13-14H2,1H3,(H,29,31)/t23-/m0/s1. The number of aromatic nitrogens is 1. The third-order valence-corrected chi connectivity index (χ3v) is 5.89. The van der Waals surface area contributed by atoms with Crippen LogP contribution in [0.3, 0.4) is 0 Å². The van der Waals surface area contributed by atoms with Crippen molar-refractivity contribution >= 4 is 16.7 Å². The number of rotatable bonds is 4. The molecule has 0 fully saturated rings. The molecule has 6 nitrogen and oxygen atoms in total. The molecule has 0 aliphatic carbocycles. The van der Waals surface area contributed by atoms with Crippen LogP contribution in [0.15, 0.2) is 71.5 Å². The van der Waals surface area contributed by atoms with Gasteiger partial charge in [-0.3, -0.25) is 9.59 Å². The zero-order valence-electron chi connectivity index (χ0n) is 18.2. The van der Waals surface area contributed by atoms with E-state index in [0.717, 1.165) is 12.1 Å². The highest BCUT2D eigenvalue weighted by molar-refractivity contribution is 5.95. The van der Waals surface area contributed by atoms with Crippen molar-refractivity contribution in [1.29, 1.82) is 0 Å². The van der Waals surface area contributed by atoms with Crippen LogP contribution < -0.4 is 10.3 Å². The highest BCUT2D eigenvalue weighted by Crippen LogP contribution is 2.34. The maximum atomic E-state index is 14.1. The Morgan fingerprint density at radius 1 is 1.00 bits per heavy atom. The van der Waals surface area contributed by atoms with Crippen LogP contribution >= 0.6 is 0 Å². The van der Waals surface area contributed by atoms with Gasteiger partial charge in [-0.05, 0) is 47.9 Å². The number of likely N-dealkylation sites (N-methyl/N-ethyl adjacent to an activating group) is 1. The summed E-state index contributed by atoms with van der Waals surface area (Å²) in [4.78, 5) is 30.0. The van der Waals surface area contributed by atoms with Crippen LogP contribution in [-0.4, -0.2) is 29.4 Å². The smallest absolute Gasteiger partial charge is 0.256 e. The van der Waals surface area contributed by atoms with Crippen molar-refractivity contribution in [2.45, 2.75) is 12.6 Å². The summed E-state index contributed by atoms with van der Waals surface area (Å²) < 4.78 is 39.4. The van der Waals surface area contributed by atoms with Gasteiger partial charge in [-0.25, -0.2) is 8.78 Å². The van der Waals surface area contributed by atoms with Gasteiger partial charge in [0, 0.05) is 23.9 Å². The highest BCUT2D eigenvalue weighted by atomic mass is 19.2. The third-order valence-electron chi connectivity index (χ3n) is 5.89. The quantitative estimate of drug-likeness (QED) is 0.466. The van der Waals surface area contributed by atoms with Crippen molar-refractivity contribution in [1.82, 2.24) is 9.88 Å². The van der Waals surface area contributed by atoms with E-state index in [1.165, 1.54) is 4.90 Å². The fourth-order valence-corrected chi connectivity index (χ4v) is 4.21. The van der Waals surface area contributed by atoms with E-state index in [4.69, 9.17) is 9.47 Å². The zero-order valence-corrected chi connectivity index (χ0v) is 18.2. The summed E-state index contributed by atoms with van der Waals surface area (Å²) in [7, 11) is 1.60. The topological polar surface area (TPSA) is 71.6 Å². The Morgan fingerprint density at radius 3 is 2.47 bits per heavy atom. The molecule has 1 N–H and O–H groups in total. The second-order valence-corrected chi connectivity index (χ2v) is 8.05. The van der Waals surface area contributed by atoms with Crippen LogP contribution in [0.2, 0.25) is 0 Å². The molecule has 4 aromatic rings. The summed E-state index contributed by atoms with van der Waals surface area (Å²) in [5.41, 5.74) is 0.804. The molecule has 172 valence electrons. The number of pyridine rings is 1. The Balaban J connectivity index is 1.51. The Morgan fingerprint density at radius 2 is 1.71 bits per heavy atom. The van der Waals surface area contributed by atoms with Crippen LogP contribution in [0.4, 0.5) is 8.78 Å². The fraction of sp³-hybridized carbons (Fsp3) is 0.154. The predicted molar refractivity (Wildman–Crippen MR) is 122 cm³/mol. The van der Waals surface area contributed by atoms with E-state index in [1.54, 1.807) is 31.3 Å². The van der Waals surface area contributed by atoms with Gasteiger partial charge in [0.15, 0.2) is 11.6 Å². The second kappa shape index (κ2) is 8.72. The second-order valence-electron chi connectivity index (χ2n) is 8.05. The molecule has 8 heteroatoms. The van der Waals surface area contributed by atoms with Gasteiger partial charge in [0.2, 0.25) is 0 Å². The maximum absolute atomic E-state index is 14.1. The Kier molecular flexibility index (Phi) is 5.59. The van der Waals surface area contributed by atoms with Gasteiger partial charge < -0.3 is 19.4 Å². The summed E-state index contributed by atoms with van der Waals surface area (Å²) in [5, 5.41) is 0.274. The molecule has 0 spiro atoms. The molecule has 0 saturated heterocycles. The molecule has 5 rings (SSSR count). The highest BCUT2D eigenvalue weighted by Gasteiger charge is 2.31. The minimum absolute atomic E-state index is 0.0173. The van der Waals surface area contributed by atoms with Crippen molar-refractivity contribution < 1.29 is 23.0 Å². The van der Waals surface area contributed by atoms with Gasteiger partial charge in [-0.1, -0.05) is 24.3 Å². The van der Waals surface area contributed by atoms with Gasteiger partial charge in [0.1, 0.15) is 11.5 Å². The third kappa shape index (κ3) is 3.92. The normalized spacial score (nSPS) is 15.1. The lowest BCUT2D eigenvalue weighted by Crippen LogP contribution is -2.37. The number of fused-ring (bicyclic) bond motifs is 3.